The molecule has 8 heteroatoms. The first-order chi connectivity index (χ1) is 11.5. The van der Waals surface area contributed by atoms with E-state index in [1.807, 2.05) is 6.92 Å². The Labute approximate surface area is 141 Å². The van der Waals surface area contributed by atoms with E-state index in [1.165, 1.54) is 16.7 Å². The number of aromatic nitrogens is 2. The Hall–Kier alpha value is -2.19. The summed E-state index contributed by atoms with van der Waals surface area (Å²) in [4.78, 5) is 12.3. The number of hydrogen-bond donors (Lipinski definition) is 2. The number of piperidine rings is 1. The van der Waals surface area contributed by atoms with Gasteiger partial charge in [-0.3, -0.25) is 9.89 Å². The van der Waals surface area contributed by atoms with Gasteiger partial charge in [-0.15, -0.1) is 0 Å². The third-order valence-electron chi connectivity index (χ3n) is 4.21. The summed E-state index contributed by atoms with van der Waals surface area (Å²) in [6, 6.07) is 6.83. The smallest absolute Gasteiger partial charge is 0.254 e. The molecule has 0 atom stereocenters. The lowest BCUT2D eigenvalue weighted by Gasteiger charge is -2.31. The molecule has 24 heavy (non-hydrogen) atoms. The third kappa shape index (κ3) is 3.49. The average Bonchev–Trinajstić information content (AvgIpc) is 3.10. The minimum absolute atomic E-state index is 0.0307. The molecule has 1 fully saturated rings. The van der Waals surface area contributed by atoms with E-state index in [-0.39, 0.29) is 11.9 Å². The average molecular weight is 348 g/mol. The van der Waals surface area contributed by atoms with Crippen LogP contribution in [0.25, 0.3) is 0 Å². The standard InChI is InChI=1S/C16H20N4O3S/c1-12-2-4-15(5-3-12)24(22,23)20-8-6-14(7-9-20)19-16(21)13-10-17-18-11-13/h2-5,10-11,14H,6-9H2,1H3,(H,17,18)(H,19,21). The Morgan fingerprint density at radius 3 is 2.50 bits per heavy atom. The van der Waals surface area contributed by atoms with E-state index in [9.17, 15) is 13.2 Å². The first kappa shape index (κ1) is 16.7. The lowest BCUT2D eigenvalue weighted by molar-refractivity contribution is 0.0924. The Morgan fingerprint density at radius 2 is 1.92 bits per heavy atom. The molecule has 1 aliphatic rings. The number of hydrogen-bond acceptors (Lipinski definition) is 4. The minimum atomic E-state index is -3.47. The summed E-state index contributed by atoms with van der Waals surface area (Å²) in [6.07, 6.45) is 4.18. The summed E-state index contributed by atoms with van der Waals surface area (Å²) in [5.74, 6) is -0.191. The Balaban J connectivity index is 1.60. The Kier molecular flexibility index (Phi) is 4.68. The van der Waals surface area contributed by atoms with E-state index in [0.29, 0.717) is 36.4 Å². The summed E-state index contributed by atoms with van der Waals surface area (Å²) >= 11 is 0. The quantitative estimate of drug-likeness (QED) is 0.871. The number of sulfonamides is 1. The molecule has 0 bridgehead atoms. The maximum absolute atomic E-state index is 12.6. The van der Waals surface area contributed by atoms with E-state index in [1.54, 1.807) is 24.3 Å². The lowest BCUT2D eigenvalue weighted by Crippen LogP contribution is -2.46. The number of rotatable bonds is 4. The molecule has 128 valence electrons. The lowest BCUT2D eigenvalue weighted by atomic mass is 10.1. The van der Waals surface area contributed by atoms with Crippen LogP contribution in [0.3, 0.4) is 0 Å². The number of H-pyrrole nitrogens is 1. The normalized spacial score (nSPS) is 16.9. The molecule has 1 saturated heterocycles. The van der Waals surface area contributed by atoms with Crippen LogP contribution in [0, 0.1) is 6.92 Å². The summed E-state index contributed by atoms with van der Waals surface area (Å²) in [6.45, 7) is 2.71. The van der Waals surface area contributed by atoms with Gasteiger partial charge in [-0.2, -0.15) is 9.40 Å². The van der Waals surface area contributed by atoms with Crippen molar-refractivity contribution in [3.05, 3.63) is 47.8 Å². The van der Waals surface area contributed by atoms with Crippen molar-refractivity contribution in [2.45, 2.75) is 30.7 Å². The van der Waals surface area contributed by atoms with Crippen molar-refractivity contribution < 1.29 is 13.2 Å². The highest BCUT2D eigenvalue weighted by molar-refractivity contribution is 7.89. The summed E-state index contributed by atoms with van der Waals surface area (Å²) in [5, 5.41) is 9.27. The van der Waals surface area contributed by atoms with Crippen LogP contribution in [0.5, 0.6) is 0 Å². The van der Waals surface area contributed by atoms with Crippen LogP contribution in [0.15, 0.2) is 41.6 Å². The van der Waals surface area contributed by atoms with Gasteiger partial charge in [0.15, 0.2) is 0 Å². The fourth-order valence-corrected chi connectivity index (χ4v) is 4.21. The molecule has 2 heterocycles. The monoisotopic (exact) mass is 348 g/mol. The number of nitrogens with zero attached hydrogens (tertiary/aromatic N) is 2. The van der Waals surface area contributed by atoms with Gasteiger partial charge in [0.05, 0.1) is 16.7 Å². The predicted molar refractivity (Wildman–Crippen MR) is 89.0 cm³/mol. The van der Waals surface area contributed by atoms with Crippen LogP contribution in [-0.2, 0) is 10.0 Å². The zero-order valence-electron chi connectivity index (χ0n) is 13.4. The van der Waals surface area contributed by atoms with Gasteiger partial charge < -0.3 is 5.32 Å². The molecule has 1 aliphatic heterocycles. The maximum Gasteiger partial charge on any atom is 0.254 e. The van der Waals surface area contributed by atoms with Crippen molar-refractivity contribution in [1.82, 2.24) is 19.8 Å². The second kappa shape index (κ2) is 6.74. The summed E-state index contributed by atoms with van der Waals surface area (Å²) in [5.41, 5.74) is 1.50. The molecule has 0 unspecified atom stereocenters. The number of amides is 1. The van der Waals surface area contributed by atoms with Gasteiger partial charge in [0.2, 0.25) is 10.0 Å². The van der Waals surface area contributed by atoms with E-state index in [2.05, 4.69) is 15.5 Å². The molecule has 0 aliphatic carbocycles. The van der Waals surface area contributed by atoms with Crippen molar-refractivity contribution in [3.63, 3.8) is 0 Å². The highest BCUT2D eigenvalue weighted by atomic mass is 32.2. The molecule has 1 aromatic heterocycles. The maximum atomic E-state index is 12.6. The zero-order valence-corrected chi connectivity index (χ0v) is 14.2. The number of carbonyl (C=O) groups excluding carboxylic acids is 1. The van der Waals surface area contributed by atoms with Crippen LogP contribution in [0.2, 0.25) is 0 Å². The van der Waals surface area contributed by atoms with Crippen LogP contribution in [0.4, 0.5) is 0 Å². The topological polar surface area (TPSA) is 95.2 Å². The van der Waals surface area contributed by atoms with E-state index >= 15 is 0 Å². The van der Waals surface area contributed by atoms with Crippen molar-refractivity contribution in [3.8, 4) is 0 Å². The first-order valence-corrected chi connectivity index (χ1v) is 9.27. The first-order valence-electron chi connectivity index (χ1n) is 7.83. The highest BCUT2D eigenvalue weighted by Crippen LogP contribution is 2.21. The molecule has 1 amide bonds. The molecule has 1 aromatic carbocycles. The number of aryl methyl sites for hydroxylation is 1. The molecule has 2 N–H and O–H groups in total. The Bertz CT molecular complexity index is 792. The predicted octanol–water partition coefficient (Wildman–Crippen LogP) is 1.30. The molecular weight excluding hydrogens is 328 g/mol. The third-order valence-corrected chi connectivity index (χ3v) is 6.12. The van der Waals surface area contributed by atoms with Gasteiger partial charge in [0.1, 0.15) is 0 Å². The number of aromatic amines is 1. The van der Waals surface area contributed by atoms with E-state index in [0.717, 1.165) is 5.56 Å². The minimum Gasteiger partial charge on any atom is -0.349 e. The fourth-order valence-electron chi connectivity index (χ4n) is 2.74. The van der Waals surface area contributed by atoms with Crippen molar-refractivity contribution in [1.29, 1.82) is 0 Å². The fraction of sp³-hybridized carbons (Fsp3) is 0.375. The van der Waals surface area contributed by atoms with E-state index < -0.39 is 10.0 Å². The van der Waals surface area contributed by atoms with Gasteiger partial charge in [-0.1, -0.05) is 17.7 Å². The molecular formula is C16H20N4O3S. The van der Waals surface area contributed by atoms with Crippen molar-refractivity contribution in [2.75, 3.05) is 13.1 Å². The molecule has 7 nitrogen and oxygen atoms in total. The highest BCUT2D eigenvalue weighted by Gasteiger charge is 2.30. The SMILES string of the molecule is Cc1ccc(S(=O)(=O)N2CCC(NC(=O)c3cn[nH]c3)CC2)cc1. The number of nitrogens with one attached hydrogen (secondary N) is 2. The zero-order chi connectivity index (χ0) is 17.2. The Morgan fingerprint density at radius 1 is 1.25 bits per heavy atom. The molecule has 3 rings (SSSR count). The van der Waals surface area contributed by atoms with Crippen LogP contribution in [0.1, 0.15) is 28.8 Å². The van der Waals surface area contributed by atoms with Crippen LogP contribution < -0.4 is 5.32 Å². The van der Waals surface area contributed by atoms with Crippen LogP contribution in [-0.4, -0.2) is 48.0 Å². The molecule has 0 radical (unpaired) electrons. The molecule has 0 spiro atoms. The van der Waals surface area contributed by atoms with Gasteiger partial charge in [-0.05, 0) is 31.9 Å². The second-order valence-corrected chi connectivity index (χ2v) is 7.89. The van der Waals surface area contributed by atoms with Gasteiger partial charge in [-0.25, -0.2) is 8.42 Å². The van der Waals surface area contributed by atoms with Crippen LogP contribution >= 0.6 is 0 Å². The van der Waals surface area contributed by atoms with E-state index in [4.69, 9.17) is 0 Å². The van der Waals surface area contributed by atoms with Crippen molar-refractivity contribution >= 4 is 15.9 Å². The van der Waals surface area contributed by atoms with Crippen molar-refractivity contribution in [2.24, 2.45) is 0 Å². The molecule has 2 aromatic rings. The number of carbonyl (C=O) groups is 1. The summed E-state index contributed by atoms with van der Waals surface area (Å²) < 4.78 is 26.8. The van der Waals surface area contributed by atoms with Gasteiger partial charge >= 0.3 is 0 Å². The number of benzene rings is 1. The van der Waals surface area contributed by atoms with Gasteiger partial charge in [0, 0.05) is 25.3 Å². The second-order valence-electron chi connectivity index (χ2n) is 5.95. The summed E-state index contributed by atoms with van der Waals surface area (Å²) in [7, 11) is -3.47. The molecule has 0 saturated carbocycles. The largest absolute Gasteiger partial charge is 0.349 e. The van der Waals surface area contributed by atoms with Gasteiger partial charge in [0.25, 0.3) is 5.91 Å².